The summed E-state index contributed by atoms with van der Waals surface area (Å²) in [6, 6.07) is 10.3. The molecule has 2 heteroatoms. The van der Waals surface area contributed by atoms with Gasteiger partial charge in [0.05, 0.1) is 0 Å². The number of rotatable bonds is 2. The molecule has 0 saturated carbocycles. The molecule has 0 unspecified atom stereocenters. The molecule has 0 aliphatic carbocycles. The van der Waals surface area contributed by atoms with Gasteiger partial charge in [0, 0.05) is 4.90 Å². The third-order valence-corrected chi connectivity index (χ3v) is 1.88. The van der Waals surface area contributed by atoms with Crippen molar-refractivity contribution in [2.45, 2.75) is 18.7 Å². The summed E-state index contributed by atoms with van der Waals surface area (Å²) in [4.78, 5) is 1.28. The lowest BCUT2D eigenvalue weighted by molar-refractivity contribution is 0.702. The predicted octanol–water partition coefficient (Wildman–Crippen LogP) is 3.28. The third-order valence-electron chi connectivity index (χ3n) is 1.03. The summed E-state index contributed by atoms with van der Waals surface area (Å²) >= 11 is 1.73. The molecule has 0 fully saturated rings. The molecule has 0 aliphatic heterocycles. The Hall–Kier alpha value is -0.470. The molecule has 1 nitrogen and oxygen atoms in total. The van der Waals surface area contributed by atoms with Crippen LogP contribution in [0.3, 0.4) is 0 Å². The van der Waals surface area contributed by atoms with Gasteiger partial charge in [-0.25, -0.2) is 0 Å². The smallest absolute Gasteiger partial charge is 0.0230 e. The molecule has 1 rings (SSSR count). The van der Waals surface area contributed by atoms with Crippen LogP contribution in [0.5, 0.6) is 0 Å². The minimum Gasteiger partial charge on any atom is -0.253 e. The van der Waals surface area contributed by atoms with Gasteiger partial charge in [-0.2, -0.15) is 0 Å². The van der Waals surface area contributed by atoms with Crippen LogP contribution in [0.1, 0.15) is 13.8 Å². The fraction of sp³-hybridized carbons (Fsp3) is 0.400. The highest BCUT2D eigenvalue weighted by Gasteiger charge is 1.91. The average molecular weight is 183 g/mol. The molecule has 1 aromatic carbocycles. The van der Waals surface area contributed by atoms with Crippen LogP contribution in [0.25, 0.3) is 0 Å². The largest absolute Gasteiger partial charge is 0.253 e. The van der Waals surface area contributed by atoms with E-state index in [-0.39, 0.29) is 0 Å². The summed E-state index contributed by atoms with van der Waals surface area (Å²) in [5.41, 5.74) is 0. The van der Waals surface area contributed by atoms with E-state index in [0.29, 0.717) is 0 Å². The van der Waals surface area contributed by atoms with Crippen LogP contribution < -0.4 is 0 Å². The van der Waals surface area contributed by atoms with Gasteiger partial charge in [-0.1, -0.05) is 32.0 Å². The van der Waals surface area contributed by atoms with Gasteiger partial charge >= 0.3 is 0 Å². The minimum absolute atomic E-state index is 1.28. The highest BCUT2D eigenvalue weighted by molar-refractivity contribution is 7.97. The lowest BCUT2D eigenvalue weighted by Crippen LogP contribution is -1.97. The maximum Gasteiger partial charge on any atom is 0.0230 e. The van der Waals surface area contributed by atoms with E-state index in [1.807, 2.05) is 46.1 Å². The van der Waals surface area contributed by atoms with Gasteiger partial charge in [-0.15, -0.1) is 0 Å². The van der Waals surface area contributed by atoms with Gasteiger partial charge in [-0.3, -0.25) is 4.31 Å². The molecule has 0 atom stereocenters. The van der Waals surface area contributed by atoms with Crippen molar-refractivity contribution in [3.05, 3.63) is 30.3 Å². The first-order chi connectivity index (χ1) is 5.79. The Balaban J connectivity index is 0.000000561. The third kappa shape index (κ3) is 5.22. The maximum atomic E-state index is 2.10. The molecule has 0 bridgehead atoms. The molecule has 0 amide bonds. The fourth-order valence-electron chi connectivity index (χ4n) is 0.692. The Morgan fingerprint density at radius 1 is 1.00 bits per heavy atom. The second kappa shape index (κ2) is 7.19. The highest BCUT2D eigenvalue weighted by atomic mass is 32.2. The first-order valence-electron chi connectivity index (χ1n) is 4.19. The molecule has 0 aliphatic rings. The zero-order valence-electron chi connectivity index (χ0n) is 8.24. The summed E-state index contributed by atoms with van der Waals surface area (Å²) in [6.07, 6.45) is 0. The van der Waals surface area contributed by atoms with E-state index in [1.54, 1.807) is 11.9 Å². The second-order valence-electron chi connectivity index (χ2n) is 2.22. The van der Waals surface area contributed by atoms with Crippen molar-refractivity contribution < 1.29 is 0 Å². The molecule has 0 N–H and O–H groups in total. The Bertz CT molecular complexity index is 184. The molecule has 0 saturated heterocycles. The Kier molecular flexibility index (Phi) is 6.91. The highest BCUT2D eigenvalue weighted by Crippen LogP contribution is 2.17. The Morgan fingerprint density at radius 3 is 1.92 bits per heavy atom. The molecule has 0 radical (unpaired) electrons. The first kappa shape index (κ1) is 11.5. The molecule has 0 aromatic heterocycles. The Morgan fingerprint density at radius 2 is 1.50 bits per heavy atom. The van der Waals surface area contributed by atoms with Crippen molar-refractivity contribution in [1.29, 1.82) is 0 Å². The lowest BCUT2D eigenvalue weighted by Gasteiger charge is -2.06. The molecule has 0 heterocycles. The van der Waals surface area contributed by atoms with Crippen LogP contribution in [-0.4, -0.2) is 18.4 Å². The predicted molar refractivity (Wildman–Crippen MR) is 57.3 cm³/mol. The van der Waals surface area contributed by atoms with E-state index >= 15 is 0 Å². The average Bonchev–Trinajstić information content (AvgIpc) is 2.08. The van der Waals surface area contributed by atoms with Gasteiger partial charge in [0.2, 0.25) is 0 Å². The summed E-state index contributed by atoms with van der Waals surface area (Å²) in [5, 5.41) is 0. The van der Waals surface area contributed by atoms with E-state index in [1.165, 1.54) is 4.90 Å². The molecule has 12 heavy (non-hydrogen) atoms. The van der Waals surface area contributed by atoms with Gasteiger partial charge in [0.1, 0.15) is 0 Å². The van der Waals surface area contributed by atoms with Crippen LogP contribution in [-0.2, 0) is 0 Å². The van der Waals surface area contributed by atoms with Crippen LogP contribution in [0.2, 0.25) is 0 Å². The molecule has 1 aromatic rings. The number of hydrogen-bond acceptors (Lipinski definition) is 2. The van der Waals surface area contributed by atoms with E-state index in [9.17, 15) is 0 Å². The van der Waals surface area contributed by atoms with Crippen LogP contribution in [0.4, 0.5) is 0 Å². The topological polar surface area (TPSA) is 3.24 Å². The van der Waals surface area contributed by atoms with Crippen LogP contribution >= 0.6 is 11.9 Å². The van der Waals surface area contributed by atoms with Crippen molar-refractivity contribution in [2.24, 2.45) is 0 Å². The SMILES string of the molecule is CC.CN(C)Sc1ccccc1. The van der Waals surface area contributed by atoms with Crippen LogP contribution in [0.15, 0.2) is 35.2 Å². The normalized spacial score (nSPS) is 9.08. The van der Waals surface area contributed by atoms with E-state index < -0.39 is 0 Å². The summed E-state index contributed by atoms with van der Waals surface area (Å²) in [5.74, 6) is 0. The maximum absolute atomic E-state index is 2.10. The van der Waals surface area contributed by atoms with Gasteiger partial charge in [0.15, 0.2) is 0 Å². The first-order valence-corrected chi connectivity index (χ1v) is 4.97. The zero-order valence-corrected chi connectivity index (χ0v) is 9.06. The molecular weight excluding hydrogens is 166 g/mol. The fourth-order valence-corrected chi connectivity index (χ4v) is 1.39. The monoisotopic (exact) mass is 183 g/mol. The minimum atomic E-state index is 1.28. The second-order valence-corrected chi connectivity index (χ2v) is 3.60. The quantitative estimate of drug-likeness (QED) is 0.647. The number of nitrogens with zero attached hydrogens (tertiary/aromatic N) is 1. The summed E-state index contributed by atoms with van der Waals surface area (Å²) in [7, 11) is 4.08. The van der Waals surface area contributed by atoms with Crippen molar-refractivity contribution in [3.8, 4) is 0 Å². The molecule has 68 valence electrons. The summed E-state index contributed by atoms with van der Waals surface area (Å²) < 4.78 is 2.08. The van der Waals surface area contributed by atoms with Crippen molar-refractivity contribution in [3.63, 3.8) is 0 Å². The van der Waals surface area contributed by atoms with Crippen molar-refractivity contribution in [2.75, 3.05) is 14.1 Å². The molecular formula is C10H17NS. The van der Waals surface area contributed by atoms with Gasteiger partial charge in [0.25, 0.3) is 0 Å². The van der Waals surface area contributed by atoms with Gasteiger partial charge in [-0.05, 0) is 38.2 Å². The van der Waals surface area contributed by atoms with E-state index in [0.717, 1.165) is 0 Å². The molecule has 0 spiro atoms. The van der Waals surface area contributed by atoms with E-state index in [2.05, 4.69) is 16.4 Å². The zero-order chi connectivity index (χ0) is 9.40. The standard InChI is InChI=1S/C8H11NS.C2H6/c1-9(2)10-8-6-4-3-5-7-8;1-2/h3-7H,1-2H3;1-2H3. The van der Waals surface area contributed by atoms with Crippen LogP contribution in [0, 0.1) is 0 Å². The summed E-state index contributed by atoms with van der Waals surface area (Å²) in [6.45, 7) is 4.00. The Labute approximate surface area is 79.9 Å². The number of hydrogen-bond donors (Lipinski definition) is 0. The van der Waals surface area contributed by atoms with Gasteiger partial charge < -0.3 is 0 Å². The van der Waals surface area contributed by atoms with Crippen molar-refractivity contribution >= 4 is 11.9 Å². The van der Waals surface area contributed by atoms with E-state index in [4.69, 9.17) is 0 Å². The number of benzene rings is 1. The van der Waals surface area contributed by atoms with Crippen molar-refractivity contribution in [1.82, 2.24) is 4.31 Å². The lowest BCUT2D eigenvalue weighted by atomic mass is 10.4.